The third-order valence-corrected chi connectivity index (χ3v) is 10.8. The van der Waals surface area contributed by atoms with Crippen molar-refractivity contribution in [2.24, 2.45) is 0 Å². The van der Waals surface area contributed by atoms with Gasteiger partial charge in [-0.05, 0) is 0 Å². The fourth-order valence-corrected chi connectivity index (χ4v) is 9.72. The van der Waals surface area contributed by atoms with Gasteiger partial charge in [-0.3, -0.25) is 0 Å². The van der Waals surface area contributed by atoms with Crippen LogP contribution in [0.1, 0.15) is 50.4 Å². The van der Waals surface area contributed by atoms with Crippen molar-refractivity contribution < 1.29 is 19.4 Å². The molecule has 1 aliphatic carbocycles. The number of benzene rings is 3. The van der Waals surface area contributed by atoms with E-state index in [2.05, 4.69) is 87.5 Å². The van der Waals surface area contributed by atoms with Crippen LogP contribution in [-0.2, 0) is 25.8 Å². The quantitative estimate of drug-likeness (QED) is 0.330. The Morgan fingerprint density at radius 3 is 2.17 bits per heavy atom. The third kappa shape index (κ3) is 4.20. The van der Waals surface area contributed by atoms with Crippen LogP contribution in [0, 0.1) is 13.8 Å². The molecular formula is C26H25Cl2Zr. The molecule has 147 valence electrons. The topological polar surface area (TPSA) is 0 Å². The molecule has 0 bridgehead atoms. The van der Waals surface area contributed by atoms with E-state index in [1.54, 1.807) is 0 Å². The van der Waals surface area contributed by atoms with E-state index in [1.807, 2.05) is 0 Å². The van der Waals surface area contributed by atoms with Crippen LogP contribution in [0.2, 0.25) is 0 Å². The minimum absolute atomic E-state index is 0.179. The zero-order valence-corrected chi connectivity index (χ0v) is 21.1. The Hall–Kier alpha value is -1.14. The Morgan fingerprint density at radius 2 is 1.55 bits per heavy atom. The normalized spacial score (nSPS) is 15.2. The van der Waals surface area contributed by atoms with E-state index >= 15 is 0 Å². The Kier molecular flexibility index (Phi) is 6.50. The van der Waals surface area contributed by atoms with Gasteiger partial charge in [0.15, 0.2) is 0 Å². The van der Waals surface area contributed by atoms with Crippen molar-refractivity contribution in [3.8, 4) is 11.1 Å². The number of hydrogen-bond acceptors (Lipinski definition) is 0. The van der Waals surface area contributed by atoms with Crippen LogP contribution < -0.4 is 0 Å². The van der Waals surface area contributed by atoms with Gasteiger partial charge in [0, 0.05) is 0 Å². The molecule has 0 amide bonds. The van der Waals surface area contributed by atoms with Crippen LogP contribution in [0.4, 0.5) is 0 Å². The van der Waals surface area contributed by atoms with Gasteiger partial charge < -0.3 is 0 Å². The molecule has 4 rings (SSSR count). The molecule has 0 fully saturated rings. The Morgan fingerprint density at radius 1 is 0.862 bits per heavy atom. The number of aryl methyl sites for hydroxylation is 3. The van der Waals surface area contributed by atoms with E-state index < -0.39 is 19.4 Å². The number of rotatable bonds is 5. The Balaban J connectivity index is 1.99. The molecule has 1 aliphatic rings. The van der Waals surface area contributed by atoms with Crippen molar-refractivity contribution in [2.45, 2.75) is 37.2 Å². The summed E-state index contributed by atoms with van der Waals surface area (Å²) >= 11 is -2.60. The van der Waals surface area contributed by atoms with E-state index in [0.29, 0.717) is 0 Å². The molecule has 0 nitrogen and oxygen atoms in total. The van der Waals surface area contributed by atoms with Gasteiger partial charge in [-0.25, -0.2) is 0 Å². The summed E-state index contributed by atoms with van der Waals surface area (Å²) in [5.41, 5.74) is 11.8. The second kappa shape index (κ2) is 8.93. The predicted molar refractivity (Wildman–Crippen MR) is 124 cm³/mol. The Labute approximate surface area is 189 Å². The van der Waals surface area contributed by atoms with Crippen LogP contribution in [0.5, 0.6) is 0 Å². The molecule has 3 aromatic rings. The molecule has 0 heterocycles. The molecule has 3 heteroatoms. The standard InChI is InChI=1S/C26H25.2ClH.Zr/c1-4-8-21-11-12-22-16-23(20-9-6-5-7-10-20)17-25(22)26(21)24-14-18(2)13-19(3)15-24;;;/h5-7,9-17H,4,8H2,1-3H3;2*1H;/q;;;+2/p-2. The molecule has 0 saturated heterocycles. The molecule has 0 aliphatic heterocycles. The minimum atomic E-state index is -2.60. The number of hydrogen-bond donors (Lipinski definition) is 0. The second-order valence-corrected chi connectivity index (χ2v) is 16.7. The second-order valence-electron chi connectivity index (χ2n) is 7.92. The molecule has 0 spiro atoms. The van der Waals surface area contributed by atoms with Gasteiger partial charge in [0.2, 0.25) is 0 Å². The molecular weight excluding hydrogens is 474 g/mol. The van der Waals surface area contributed by atoms with E-state index in [1.165, 1.54) is 50.1 Å². The van der Waals surface area contributed by atoms with Crippen LogP contribution >= 0.6 is 17.0 Å². The Bertz CT molecular complexity index is 1050. The fraction of sp³-hybridized carbons (Fsp3) is 0.231. The first-order valence-electron chi connectivity index (χ1n) is 10.2. The number of allylic oxidation sites excluding steroid dienone is 1. The molecule has 1 atom stereocenters. The van der Waals surface area contributed by atoms with Crippen LogP contribution in [0.15, 0.2) is 60.7 Å². The van der Waals surface area contributed by atoms with Gasteiger partial charge in [0.1, 0.15) is 0 Å². The molecule has 0 N–H and O–H groups in total. The van der Waals surface area contributed by atoms with Crippen molar-refractivity contribution in [1.82, 2.24) is 0 Å². The SMILES string of the molecule is CCCc1ccc2c(c1-c1cc(C)cc(C)c1)C=C(c1ccccc1)[CH]2[Zr]([Cl])[Cl]. The van der Waals surface area contributed by atoms with Crippen LogP contribution in [0.3, 0.4) is 0 Å². The first-order valence-corrected chi connectivity index (χ1v) is 17.9. The van der Waals surface area contributed by atoms with Gasteiger partial charge in [-0.2, -0.15) is 0 Å². The fourth-order valence-electron chi connectivity index (χ4n) is 4.55. The maximum absolute atomic E-state index is 6.73. The van der Waals surface area contributed by atoms with E-state index in [9.17, 15) is 0 Å². The van der Waals surface area contributed by atoms with Gasteiger partial charge in [0.05, 0.1) is 0 Å². The first-order chi connectivity index (χ1) is 14.0. The predicted octanol–water partition coefficient (Wildman–Crippen LogP) is 8.44. The monoisotopic (exact) mass is 497 g/mol. The van der Waals surface area contributed by atoms with E-state index in [-0.39, 0.29) is 3.63 Å². The summed E-state index contributed by atoms with van der Waals surface area (Å²) in [6.07, 6.45) is 4.57. The summed E-state index contributed by atoms with van der Waals surface area (Å²) in [4.78, 5) is 0. The van der Waals surface area contributed by atoms with Crippen molar-refractivity contribution >= 4 is 28.7 Å². The summed E-state index contributed by atoms with van der Waals surface area (Å²) in [5, 5.41) is 0. The maximum atomic E-state index is 6.73. The molecule has 0 aromatic heterocycles. The summed E-state index contributed by atoms with van der Waals surface area (Å²) in [6, 6.07) is 22.1. The zero-order valence-electron chi connectivity index (χ0n) is 17.1. The molecule has 0 radical (unpaired) electrons. The summed E-state index contributed by atoms with van der Waals surface area (Å²) in [7, 11) is 13.5. The van der Waals surface area contributed by atoms with Crippen LogP contribution in [-0.4, -0.2) is 0 Å². The summed E-state index contributed by atoms with van der Waals surface area (Å²) < 4.78 is 0.179. The van der Waals surface area contributed by atoms with Gasteiger partial charge >= 0.3 is 190 Å². The van der Waals surface area contributed by atoms with Gasteiger partial charge in [-0.15, -0.1) is 0 Å². The van der Waals surface area contributed by atoms with Crippen molar-refractivity contribution in [2.75, 3.05) is 0 Å². The molecule has 29 heavy (non-hydrogen) atoms. The molecule has 1 unspecified atom stereocenters. The third-order valence-electron chi connectivity index (χ3n) is 5.64. The first kappa shape index (κ1) is 21.1. The number of fused-ring (bicyclic) bond motifs is 1. The molecule has 3 aromatic carbocycles. The van der Waals surface area contributed by atoms with Gasteiger partial charge in [-0.1, -0.05) is 0 Å². The summed E-state index contributed by atoms with van der Waals surface area (Å²) in [6.45, 7) is 6.60. The van der Waals surface area contributed by atoms with Crippen molar-refractivity contribution in [3.63, 3.8) is 0 Å². The average molecular weight is 500 g/mol. The van der Waals surface area contributed by atoms with E-state index in [0.717, 1.165) is 12.8 Å². The van der Waals surface area contributed by atoms with E-state index in [4.69, 9.17) is 17.0 Å². The van der Waals surface area contributed by atoms with Crippen molar-refractivity contribution in [3.05, 3.63) is 94.0 Å². The average Bonchev–Trinajstić information content (AvgIpc) is 3.07. The summed E-state index contributed by atoms with van der Waals surface area (Å²) in [5.74, 6) is 0. The molecule has 0 saturated carbocycles. The number of halogens is 2. The van der Waals surface area contributed by atoms with Gasteiger partial charge in [0.25, 0.3) is 0 Å². The van der Waals surface area contributed by atoms with Crippen LogP contribution in [0.25, 0.3) is 22.8 Å². The van der Waals surface area contributed by atoms with Crippen molar-refractivity contribution in [1.29, 1.82) is 0 Å². The zero-order chi connectivity index (χ0) is 20.5.